The van der Waals surface area contributed by atoms with E-state index in [-0.39, 0.29) is 12.5 Å². The molecule has 1 heterocycles. The van der Waals surface area contributed by atoms with Crippen LogP contribution in [0, 0.1) is 0 Å². The Balaban J connectivity index is 1.65. The summed E-state index contributed by atoms with van der Waals surface area (Å²) in [5, 5.41) is 10.9. The highest BCUT2D eigenvalue weighted by molar-refractivity contribution is 5.79. The third-order valence-electron chi connectivity index (χ3n) is 3.68. The number of methoxy groups -OCH3 is 2. The average Bonchev–Trinajstić information content (AvgIpc) is 3.03. The van der Waals surface area contributed by atoms with Gasteiger partial charge in [-0.05, 0) is 24.3 Å². The Morgan fingerprint density at radius 3 is 2.79 bits per heavy atom. The van der Waals surface area contributed by atoms with E-state index < -0.39 is 0 Å². The summed E-state index contributed by atoms with van der Waals surface area (Å²) in [4.78, 5) is 12.2. The Labute approximate surface area is 139 Å². The lowest BCUT2D eigenvalue weighted by molar-refractivity contribution is -0.121. The van der Waals surface area contributed by atoms with Gasteiger partial charge >= 0.3 is 0 Å². The van der Waals surface area contributed by atoms with E-state index in [9.17, 15) is 4.79 Å². The quantitative estimate of drug-likeness (QED) is 0.747. The molecule has 0 bridgehead atoms. The number of amides is 1. The van der Waals surface area contributed by atoms with Crippen LogP contribution in [-0.4, -0.2) is 35.1 Å². The molecule has 0 radical (unpaired) electrons. The fourth-order valence-electron chi connectivity index (χ4n) is 2.42. The van der Waals surface area contributed by atoms with Crippen molar-refractivity contribution in [2.45, 2.75) is 13.1 Å². The van der Waals surface area contributed by atoms with Crippen LogP contribution in [0.2, 0.25) is 0 Å². The van der Waals surface area contributed by atoms with Gasteiger partial charge in [0, 0.05) is 18.2 Å². The van der Waals surface area contributed by atoms with Crippen LogP contribution in [0.4, 0.5) is 0 Å². The van der Waals surface area contributed by atoms with Crippen molar-refractivity contribution in [3.8, 4) is 11.5 Å². The molecule has 1 aromatic heterocycles. The number of carbonyl (C=O) groups is 1. The molecule has 3 aromatic rings. The minimum absolute atomic E-state index is 0.110. The van der Waals surface area contributed by atoms with Crippen LogP contribution in [0.3, 0.4) is 0 Å². The van der Waals surface area contributed by atoms with Crippen molar-refractivity contribution >= 4 is 16.9 Å². The first-order valence-corrected chi connectivity index (χ1v) is 7.47. The molecule has 2 aromatic carbocycles. The highest BCUT2D eigenvalue weighted by atomic mass is 16.5. The Kier molecular flexibility index (Phi) is 4.60. The smallest absolute Gasteiger partial charge is 0.242 e. The summed E-state index contributed by atoms with van der Waals surface area (Å²) in [6, 6.07) is 13.0. The van der Waals surface area contributed by atoms with Crippen molar-refractivity contribution < 1.29 is 14.3 Å². The number of hydrogen-bond acceptors (Lipinski definition) is 5. The number of carbonyl (C=O) groups excluding carboxylic acids is 1. The minimum Gasteiger partial charge on any atom is -0.497 e. The second kappa shape index (κ2) is 6.99. The van der Waals surface area contributed by atoms with Crippen molar-refractivity contribution in [1.29, 1.82) is 0 Å². The van der Waals surface area contributed by atoms with E-state index in [0.29, 0.717) is 18.0 Å². The number of ether oxygens (including phenoxy) is 2. The molecule has 3 rings (SSSR count). The molecule has 0 fully saturated rings. The van der Waals surface area contributed by atoms with E-state index in [1.165, 1.54) is 0 Å². The number of aromatic nitrogens is 3. The van der Waals surface area contributed by atoms with Crippen molar-refractivity contribution in [2.75, 3.05) is 14.2 Å². The Morgan fingerprint density at radius 1 is 1.17 bits per heavy atom. The highest BCUT2D eigenvalue weighted by Gasteiger charge is 2.10. The SMILES string of the molecule is COc1ccc(CNC(=O)Cn2nnc3ccccc32)c(OC)c1. The summed E-state index contributed by atoms with van der Waals surface area (Å²) in [6.07, 6.45) is 0. The first-order valence-electron chi connectivity index (χ1n) is 7.47. The van der Waals surface area contributed by atoms with Crippen LogP contribution in [-0.2, 0) is 17.9 Å². The van der Waals surface area contributed by atoms with Crippen LogP contribution in [0.5, 0.6) is 11.5 Å². The highest BCUT2D eigenvalue weighted by Crippen LogP contribution is 2.24. The predicted octanol–water partition coefficient (Wildman–Crippen LogP) is 1.76. The van der Waals surface area contributed by atoms with Gasteiger partial charge in [-0.1, -0.05) is 17.3 Å². The zero-order valence-electron chi connectivity index (χ0n) is 13.5. The van der Waals surface area contributed by atoms with Crippen LogP contribution < -0.4 is 14.8 Å². The Morgan fingerprint density at radius 2 is 2.00 bits per heavy atom. The fraction of sp³-hybridized carbons (Fsp3) is 0.235. The van der Waals surface area contributed by atoms with Gasteiger partial charge in [0.25, 0.3) is 0 Å². The van der Waals surface area contributed by atoms with E-state index >= 15 is 0 Å². The molecular formula is C17H18N4O3. The summed E-state index contributed by atoms with van der Waals surface area (Å²) in [7, 11) is 3.18. The van der Waals surface area contributed by atoms with Crippen molar-refractivity contribution in [3.05, 3.63) is 48.0 Å². The number of hydrogen-bond donors (Lipinski definition) is 1. The summed E-state index contributed by atoms with van der Waals surface area (Å²) in [6.45, 7) is 0.470. The van der Waals surface area contributed by atoms with E-state index in [1.54, 1.807) is 25.0 Å². The maximum atomic E-state index is 12.2. The lowest BCUT2D eigenvalue weighted by Crippen LogP contribution is -2.27. The second-order valence-corrected chi connectivity index (χ2v) is 5.19. The molecule has 0 spiro atoms. The summed E-state index contributed by atoms with van der Waals surface area (Å²) < 4.78 is 12.1. The van der Waals surface area contributed by atoms with Crippen LogP contribution >= 0.6 is 0 Å². The van der Waals surface area contributed by atoms with Crippen molar-refractivity contribution in [3.63, 3.8) is 0 Å². The molecule has 0 atom stereocenters. The molecule has 7 heteroatoms. The normalized spacial score (nSPS) is 10.6. The lowest BCUT2D eigenvalue weighted by Gasteiger charge is -2.11. The van der Waals surface area contributed by atoms with Gasteiger partial charge in [-0.2, -0.15) is 0 Å². The molecule has 0 saturated heterocycles. The molecule has 24 heavy (non-hydrogen) atoms. The molecular weight excluding hydrogens is 308 g/mol. The monoisotopic (exact) mass is 326 g/mol. The average molecular weight is 326 g/mol. The van der Waals surface area contributed by atoms with Gasteiger partial charge in [0.2, 0.25) is 5.91 Å². The van der Waals surface area contributed by atoms with Gasteiger partial charge in [-0.15, -0.1) is 5.10 Å². The van der Waals surface area contributed by atoms with Gasteiger partial charge in [-0.25, -0.2) is 4.68 Å². The van der Waals surface area contributed by atoms with Gasteiger partial charge in [-0.3, -0.25) is 4.79 Å². The van der Waals surface area contributed by atoms with Crippen molar-refractivity contribution in [1.82, 2.24) is 20.3 Å². The maximum absolute atomic E-state index is 12.2. The number of nitrogens with one attached hydrogen (secondary N) is 1. The van der Waals surface area contributed by atoms with Gasteiger partial charge in [0.05, 0.1) is 19.7 Å². The van der Waals surface area contributed by atoms with E-state index in [4.69, 9.17) is 9.47 Å². The number of fused-ring (bicyclic) bond motifs is 1. The van der Waals surface area contributed by atoms with Gasteiger partial charge < -0.3 is 14.8 Å². The minimum atomic E-state index is -0.150. The first-order chi connectivity index (χ1) is 11.7. The number of rotatable bonds is 6. The predicted molar refractivity (Wildman–Crippen MR) is 88.9 cm³/mol. The lowest BCUT2D eigenvalue weighted by atomic mass is 10.2. The van der Waals surface area contributed by atoms with E-state index in [1.807, 2.05) is 36.4 Å². The molecule has 1 amide bonds. The van der Waals surface area contributed by atoms with Crippen molar-refractivity contribution in [2.24, 2.45) is 0 Å². The standard InChI is InChI=1S/C17H18N4O3/c1-23-13-8-7-12(16(9-13)24-2)10-18-17(22)11-21-15-6-4-3-5-14(15)19-20-21/h3-9H,10-11H2,1-2H3,(H,18,22). The van der Waals surface area contributed by atoms with Crippen LogP contribution in [0.25, 0.3) is 11.0 Å². The number of benzene rings is 2. The Hall–Kier alpha value is -3.09. The third-order valence-corrected chi connectivity index (χ3v) is 3.68. The van der Waals surface area contributed by atoms with E-state index in [0.717, 1.165) is 16.6 Å². The molecule has 0 aliphatic carbocycles. The molecule has 1 N–H and O–H groups in total. The molecule has 7 nitrogen and oxygen atoms in total. The van der Waals surface area contributed by atoms with E-state index in [2.05, 4.69) is 15.6 Å². The summed E-state index contributed by atoms with van der Waals surface area (Å²) >= 11 is 0. The third kappa shape index (κ3) is 3.29. The van der Waals surface area contributed by atoms with Gasteiger partial charge in [0.1, 0.15) is 23.6 Å². The van der Waals surface area contributed by atoms with Crippen LogP contribution in [0.15, 0.2) is 42.5 Å². The largest absolute Gasteiger partial charge is 0.497 e. The summed E-state index contributed by atoms with van der Waals surface area (Å²) in [5.74, 6) is 1.22. The van der Waals surface area contributed by atoms with Crippen LogP contribution in [0.1, 0.15) is 5.56 Å². The first kappa shape index (κ1) is 15.8. The molecule has 0 aliphatic heterocycles. The number of nitrogens with zero attached hydrogens (tertiary/aromatic N) is 3. The molecule has 0 aliphatic rings. The topological polar surface area (TPSA) is 78.3 Å². The zero-order chi connectivity index (χ0) is 16.9. The van der Waals surface area contributed by atoms with Gasteiger partial charge in [0.15, 0.2) is 0 Å². The molecule has 124 valence electrons. The number of para-hydroxylation sites is 1. The zero-order valence-corrected chi connectivity index (χ0v) is 13.5. The second-order valence-electron chi connectivity index (χ2n) is 5.19. The molecule has 0 saturated carbocycles. The maximum Gasteiger partial charge on any atom is 0.242 e. The molecule has 0 unspecified atom stereocenters. The Bertz CT molecular complexity index is 860. The summed E-state index contributed by atoms with van der Waals surface area (Å²) in [5.41, 5.74) is 2.46. The fourth-order valence-corrected chi connectivity index (χ4v) is 2.42.